The molecule has 1 aliphatic heterocycles. The first-order valence-corrected chi connectivity index (χ1v) is 12.9. The summed E-state index contributed by atoms with van der Waals surface area (Å²) in [5.74, 6) is 0.122. The van der Waals surface area contributed by atoms with Crippen LogP contribution >= 0.6 is 11.3 Å². The van der Waals surface area contributed by atoms with Crippen LogP contribution in [0.4, 0.5) is 0 Å². The zero-order valence-electron chi connectivity index (χ0n) is 20.1. The smallest absolute Gasteiger partial charge is 0.243 e. The molecule has 3 rings (SSSR count). The molecule has 1 aromatic carbocycles. The van der Waals surface area contributed by atoms with Crippen LogP contribution in [0.15, 0.2) is 41.8 Å². The van der Waals surface area contributed by atoms with Crippen LogP contribution in [-0.2, 0) is 16.0 Å². The fourth-order valence-electron chi connectivity index (χ4n) is 4.52. The SMILES string of the molecule is CCCCCCCC(=O)N(CC(=O)N1CCc2sccc2C1c1ccccc1)C(C)(C)C. The Hall–Kier alpha value is -2.14. The molecule has 5 heteroatoms. The predicted molar refractivity (Wildman–Crippen MR) is 133 cm³/mol. The van der Waals surface area contributed by atoms with Gasteiger partial charge in [-0.3, -0.25) is 9.59 Å². The van der Waals surface area contributed by atoms with Crippen molar-refractivity contribution in [2.75, 3.05) is 13.1 Å². The van der Waals surface area contributed by atoms with Crippen LogP contribution in [0.1, 0.15) is 88.3 Å². The van der Waals surface area contributed by atoms with Crippen molar-refractivity contribution in [2.45, 2.75) is 84.2 Å². The molecule has 174 valence electrons. The third-order valence-corrected chi connectivity index (χ3v) is 7.30. The Labute approximate surface area is 197 Å². The molecule has 2 amide bonds. The van der Waals surface area contributed by atoms with Crippen molar-refractivity contribution in [1.82, 2.24) is 9.80 Å². The van der Waals surface area contributed by atoms with Crippen LogP contribution in [-0.4, -0.2) is 40.2 Å². The van der Waals surface area contributed by atoms with Crippen LogP contribution in [0.5, 0.6) is 0 Å². The van der Waals surface area contributed by atoms with Gasteiger partial charge in [-0.25, -0.2) is 0 Å². The average Bonchev–Trinajstić information content (AvgIpc) is 3.25. The Balaban J connectivity index is 1.75. The minimum atomic E-state index is -0.387. The molecule has 1 aromatic heterocycles. The summed E-state index contributed by atoms with van der Waals surface area (Å²) < 4.78 is 0. The third-order valence-electron chi connectivity index (χ3n) is 6.30. The second kappa shape index (κ2) is 11.1. The van der Waals surface area contributed by atoms with Gasteiger partial charge in [0.15, 0.2) is 0 Å². The van der Waals surface area contributed by atoms with Gasteiger partial charge in [-0.15, -0.1) is 11.3 Å². The largest absolute Gasteiger partial charge is 0.330 e. The summed E-state index contributed by atoms with van der Waals surface area (Å²) >= 11 is 1.77. The molecule has 0 spiro atoms. The highest BCUT2D eigenvalue weighted by Gasteiger charge is 2.36. The van der Waals surface area contributed by atoms with Crippen molar-refractivity contribution in [3.8, 4) is 0 Å². The molecule has 1 atom stereocenters. The first-order chi connectivity index (χ1) is 15.3. The summed E-state index contributed by atoms with van der Waals surface area (Å²) in [7, 11) is 0. The number of thiophene rings is 1. The van der Waals surface area contributed by atoms with Crippen molar-refractivity contribution in [3.63, 3.8) is 0 Å². The zero-order chi connectivity index (χ0) is 23.1. The lowest BCUT2D eigenvalue weighted by molar-refractivity contribution is -0.146. The normalized spacial score (nSPS) is 16.0. The molecule has 0 aliphatic carbocycles. The van der Waals surface area contributed by atoms with E-state index in [-0.39, 0.29) is 29.9 Å². The zero-order valence-corrected chi connectivity index (χ0v) is 20.9. The highest BCUT2D eigenvalue weighted by atomic mass is 32.1. The Morgan fingerprint density at radius 2 is 1.78 bits per heavy atom. The van der Waals surface area contributed by atoms with E-state index in [2.05, 4.69) is 30.5 Å². The second-order valence-electron chi connectivity index (χ2n) is 9.76. The summed E-state index contributed by atoms with van der Waals surface area (Å²) in [4.78, 5) is 31.9. The number of rotatable bonds is 9. The van der Waals surface area contributed by atoms with Crippen molar-refractivity contribution in [3.05, 3.63) is 57.8 Å². The molecule has 0 fully saturated rings. The first kappa shape index (κ1) is 24.5. The number of amides is 2. The van der Waals surface area contributed by atoms with E-state index in [9.17, 15) is 9.59 Å². The Bertz CT molecular complexity index is 885. The number of carbonyl (C=O) groups excluding carboxylic acids is 2. The molecule has 2 aromatic rings. The number of hydrogen-bond donors (Lipinski definition) is 0. The molecule has 0 saturated carbocycles. The monoisotopic (exact) mass is 454 g/mol. The Kier molecular flexibility index (Phi) is 8.52. The molecule has 0 radical (unpaired) electrons. The van der Waals surface area contributed by atoms with E-state index in [4.69, 9.17) is 0 Å². The standard InChI is InChI=1S/C27H38N2O2S/c1-5-6-7-8-12-15-24(30)29(27(2,3)4)20-25(31)28-18-16-23-22(17-19-32-23)26(28)21-13-10-9-11-14-21/h9-11,13-14,17,19,26H,5-8,12,15-16,18,20H2,1-4H3. The van der Waals surface area contributed by atoms with Gasteiger partial charge < -0.3 is 9.80 Å². The van der Waals surface area contributed by atoms with Crippen molar-refractivity contribution in [1.29, 1.82) is 0 Å². The maximum absolute atomic E-state index is 13.6. The topological polar surface area (TPSA) is 40.6 Å². The molecule has 0 bridgehead atoms. The number of hydrogen-bond acceptors (Lipinski definition) is 3. The van der Waals surface area contributed by atoms with E-state index in [1.165, 1.54) is 29.7 Å². The van der Waals surface area contributed by atoms with Crippen molar-refractivity contribution < 1.29 is 9.59 Å². The molecular formula is C27H38N2O2S. The van der Waals surface area contributed by atoms with Crippen LogP contribution in [0.25, 0.3) is 0 Å². The molecule has 4 nitrogen and oxygen atoms in total. The van der Waals surface area contributed by atoms with Crippen LogP contribution < -0.4 is 0 Å². The number of carbonyl (C=O) groups is 2. The average molecular weight is 455 g/mol. The second-order valence-corrected chi connectivity index (χ2v) is 10.8. The quantitative estimate of drug-likeness (QED) is 0.423. The number of nitrogens with zero attached hydrogens (tertiary/aromatic N) is 2. The van der Waals surface area contributed by atoms with Crippen molar-refractivity contribution in [2.24, 2.45) is 0 Å². The van der Waals surface area contributed by atoms with E-state index in [0.29, 0.717) is 13.0 Å². The number of benzene rings is 1. The minimum absolute atomic E-state index is 0.0324. The lowest BCUT2D eigenvalue weighted by Crippen LogP contribution is -2.52. The molecule has 0 N–H and O–H groups in total. The predicted octanol–water partition coefficient (Wildman–Crippen LogP) is 6.21. The summed E-state index contributed by atoms with van der Waals surface area (Å²) in [6.45, 7) is 9.10. The maximum Gasteiger partial charge on any atom is 0.243 e. The van der Waals surface area contributed by atoms with Crippen LogP contribution in [0.3, 0.4) is 0 Å². The van der Waals surface area contributed by atoms with Gasteiger partial charge in [-0.1, -0.05) is 62.9 Å². The summed E-state index contributed by atoms with van der Waals surface area (Å²) in [5, 5.41) is 2.12. The van der Waals surface area contributed by atoms with Gasteiger partial charge in [0, 0.05) is 23.4 Å². The fourth-order valence-corrected chi connectivity index (χ4v) is 5.42. The summed E-state index contributed by atoms with van der Waals surface area (Å²) in [6.07, 6.45) is 6.96. The molecule has 1 aliphatic rings. The van der Waals surface area contributed by atoms with E-state index < -0.39 is 0 Å². The number of fused-ring (bicyclic) bond motifs is 1. The molecular weight excluding hydrogens is 416 g/mol. The lowest BCUT2D eigenvalue weighted by Gasteiger charge is -2.40. The molecule has 0 saturated heterocycles. The van der Waals surface area contributed by atoms with Gasteiger partial charge >= 0.3 is 0 Å². The van der Waals surface area contributed by atoms with Crippen LogP contribution in [0, 0.1) is 0 Å². The van der Waals surface area contributed by atoms with E-state index in [1.807, 2.05) is 43.9 Å². The van der Waals surface area contributed by atoms with E-state index in [1.54, 1.807) is 16.2 Å². The summed E-state index contributed by atoms with van der Waals surface area (Å²) in [6, 6.07) is 12.3. The molecule has 2 heterocycles. The summed E-state index contributed by atoms with van der Waals surface area (Å²) in [5.41, 5.74) is 1.97. The van der Waals surface area contributed by atoms with Gasteiger partial charge in [0.2, 0.25) is 11.8 Å². The highest BCUT2D eigenvalue weighted by molar-refractivity contribution is 7.10. The molecule has 1 unspecified atom stereocenters. The third kappa shape index (κ3) is 6.00. The van der Waals surface area contributed by atoms with Gasteiger partial charge in [0.05, 0.1) is 6.04 Å². The lowest BCUT2D eigenvalue weighted by atomic mass is 9.93. The van der Waals surface area contributed by atoms with E-state index in [0.717, 1.165) is 24.8 Å². The van der Waals surface area contributed by atoms with Crippen molar-refractivity contribution >= 4 is 23.2 Å². The van der Waals surface area contributed by atoms with Crippen LogP contribution in [0.2, 0.25) is 0 Å². The minimum Gasteiger partial charge on any atom is -0.330 e. The van der Waals surface area contributed by atoms with Gasteiger partial charge in [0.1, 0.15) is 6.54 Å². The Morgan fingerprint density at radius 1 is 1.06 bits per heavy atom. The van der Waals surface area contributed by atoms with Gasteiger partial charge in [-0.05, 0) is 56.2 Å². The van der Waals surface area contributed by atoms with Gasteiger partial charge in [-0.2, -0.15) is 0 Å². The molecule has 32 heavy (non-hydrogen) atoms. The van der Waals surface area contributed by atoms with Gasteiger partial charge in [0.25, 0.3) is 0 Å². The first-order valence-electron chi connectivity index (χ1n) is 12.0. The highest BCUT2D eigenvalue weighted by Crippen LogP contribution is 2.38. The van der Waals surface area contributed by atoms with E-state index >= 15 is 0 Å². The Morgan fingerprint density at radius 3 is 2.47 bits per heavy atom. The number of unbranched alkanes of at least 4 members (excludes halogenated alkanes) is 4. The fraction of sp³-hybridized carbons (Fsp3) is 0.556. The maximum atomic E-state index is 13.6.